The fourth-order valence-electron chi connectivity index (χ4n) is 4.71. The first-order valence-electron chi connectivity index (χ1n) is 10.9. The molecule has 0 radical (unpaired) electrons. The zero-order valence-electron chi connectivity index (χ0n) is 19.5. The van der Waals surface area contributed by atoms with E-state index in [1.165, 1.54) is 33.5 Å². The van der Waals surface area contributed by atoms with Crippen LogP contribution in [0.5, 0.6) is 17.2 Å². The van der Waals surface area contributed by atoms with Crippen molar-refractivity contribution < 1.29 is 23.9 Å². The fraction of sp³-hybridized carbons (Fsp3) is 0.280. The number of Topliss-reactive ketones (excluding diaryl/α,β-unsaturated/α-hetero) is 1. The van der Waals surface area contributed by atoms with Crippen LogP contribution in [0, 0.1) is 21.4 Å². The van der Waals surface area contributed by atoms with E-state index in [-0.39, 0.29) is 22.9 Å². The number of anilines is 1. The van der Waals surface area contributed by atoms with E-state index in [9.17, 15) is 20.2 Å². The van der Waals surface area contributed by atoms with Crippen molar-refractivity contribution in [1.82, 2.24) is 0 Å². The molecule has 0 spiro atoms. The lowest BCUT2D eigenvalue weighted by Crippen LogP contribution is -2.38. The molecule has 0 aromatic heterocycles. The maximum Gasteiger partial charge on any atom is 0.269 e. The summed E-state index contributed by atoms with van der Waals surface area (Å²) < 4.78 is 16.4. The van der Waals surface area contributed by atoms with Gasteiger partial charge < -0.3 is 19.9 Å². The standard InChI is InChI=1S/C25H24N4O6/c1-33-20-11-14(12-21(34-2)24(20)35-3)22-17(13-26)25(27)28(18-5-4-6-19(30)23(18)22)15-7-9-16(10-8-15)29(31)32/h7-12,22H,4-6,27H2,1-3H3/t22-/m0/s1. The molecule has 2 N–H and O–H groups in total. The molecule has 10 heteroatoms. The molecule has 2 aliphatic rings. The number of nitro groups is 1. The van der Waals surface area contributed by atoms with Gasteiger partial charge in [0.2, 0.25) is 5.75 Å². The van der Waals surface area contributed by atoms with E-state index in [4.69, 9.17) is 19.9 Å². The van der Waals surface area contributed by atoms with Gasteiger partial charge in [-0.3, -0.25) is 19.8 Å². The molecule has 0 unspecified atom stereocenters. The van der Waals surface area contributed by atoms with Gasteiger partial charge in [-0.25, -0.2) is 0 Å². The molecule has 0 fully saturated rings. The lowest BCUT2D eigenvalue weighted by Gasteiger charge is -2.39. The SMILES string of the molecule is COc1cc([C@H]2C(C#N)=C(N)N(c3ccc([N+](=O)[O-])cc3)C3=C2C(=O)CCC3)cc(OC)c1OC. The Morgan fingerprint density at radius 3 is 2.23 bits per heavy atom. The summed E-state index contributed by atoms with van der Waals surface area (Å²) in [6.45, 7) is 0. The Balaban J connectivity index is 1.95. The van der Waals surface area contributed by atoms with Crippen LogP contribution in [0.25, 0.3) is 0 Å². The summed E-state index contributed by atoms with van der Waals surface area (Å²) in [4.78, 5) is 25.6. The number of ether oxygens (including phenoxy) is 3. The second-order valence-corrected chi connectivity index (χ2v) is 8.05. The molecule has 1 heterocycles. The number of carbonyl (C=O) groups is 1. The van der Waals surface area contributed by atoms with E-state index in [2.05, 4.69) is 6.07 Å². The van der Waals surface area contributed by atoms with Gasteiger partial charge >= 0.3 is 0 Å². The summed E-state index contributed by atoms with van der Waals surface area (Å²) >= 11 is 0. The van der Waals surface area contributed by atoms with E-state index in [0.717, 1.165) is 0 Å². The fourth-order valence-corrected chi connectivity index (χ4v) is 4.71. The normalized spacial score (nSPS) is 17.6. The summed E-state index contributed by atoms with van der Waals surface area (Å²) in [5.41, 5.74) is 8.95. The van der Waals surface area contributed by atoms with Crippen molar-refractivity contribution in [2.45, 2.75) is 25.2 Å². The van der Waals surface area contributed by atoms with Crippen LogP contribution in [0.1, 0.15) is 30.7 Å². The minimum atomic E-state index is -0.731. The molecule has 0 bridgehead atoms. The van der Waals surface area contributed by atoms with Crippen LogP contribution in [-0.2, 0) is 4.79 Å². The van der Waals surface area contributed by atoms with Gasteiger partial charge in [-0.2, -0.15) is 5.26 Å². The molecule has 35 heavy (non-hydrogen) atoms. The Hall–Kier alpha value is -4.52. The van der Waals surface area contributed by atoms with Crippen molar-refractivity contribution in [2.24, 2.45) is 5.73 Å². The van der Waals surface area contributed by atoms with E-state index in [1.807, 2.05) is 0 Å². The van der Waals surface area contributed by atoms with E-state index in [1.54, 1.807) is 29.2 Å². The van der Waals surface area contributed by atoms with Crippen LogP contribution in [0.4, 0.5) is 11.4 Å². The highest BCUT2D eigenvalue weighted by Gasteiger charge is 2.41. The number of methoxy groups -OCH3 is 3. The first-order valence-corrected chi connectivity index (χ1v) is 10.9. The van der Waals surface area contributed by atoms with Crippen LogP contribution < -0.4 is 24.8 Å². The molecule has 0 amide bonds. The molecule has 0 saturated heterocycles. The Morgan fingerprint density at radius 1 is 1.09 bits per heavy atom. The quantitative estimate of drug-likeness (QED) is 0.485. The van der Waals surface area contributed by atoms with Crippen molar-refractivity contribution in [3.8, 4) is 23.3 Å². The van der Waals surface area contributed by atoms with Gasteiger partial charge in [-0.15, -0.1) is 0 Å². The Morgan fingerprint density at radius 2 is 1.71 bits per heavy atom. The predicted octanol–water partition coefficient (Wildman–Crippen LogP) is 3.93. The molecular formula is C25H24N4O6. The maximum absolute atomic E-state index is 13.3. The Bertz CT molecular complexity index is 1280. The number of nitriles is 1. The number of carbonyl (C=O) groups excluding carboxylic acids is 1. The van der Waals surface area contributed by atoms with Gasteiger partial charge in [0.1, 0.15) is 5.82 Å². The van der Waals surface area contributed by atoms with Gasteiger partial charge in [-0.1, -0.05) is 0 Å². The number of benzene rings is 2. The molecule has 1 aliphatic heterocycles. The van der Waals surface area contributed by atoms with Gasteiger partial charge in [0, 0.05) is 35.5 Å². The molecule has 4 rings (SSSR count). The molecular weight excluding hydrogens is 452 g/mol. The van der Waals surface area contributed by atoms with Crippen LogP contribution in [-0.4, -0.2) is 32.0 Å². The number of hydrogen-bond donors (Lipinski definition) is 1. The zero-order chi connectivity index (χ0) is 25.3. The van der Waals surface area contributed by atoms with Crippen LogP contribution in [0.15, 0.2) is 59.1 Å². The third kappa shape index (κ3) is 3.91. The molecule has 2 aromatic rings. The van der Waals surface area contributed by atoms with Gasteiger partial charge in [-0.05, 0) is 42.7 Å². The van der Waals surface area contributed by atoms with Crippen molar-refractivity contribution in [3.63, 3.8) is 0 Å². The number of rotatable bonds is 6. The van der Waals surface area contributed by atoms with Gasteiger partial charge in [0.05, 0.1) is 43.8 Å². The Labute approximate surface area is 201 Å². The minimum absolute atomic E-state index is 0.0713. The second-order valence-electron chi connectivity index (χ2n) is 8.05. The van der Waals surface area contributed by atoms with Crippen LogP contribution in [0.3, 0.4) is 0 Å². The van der Waals surface area contributed by atoms with Crippen molar-refractivity contribution in [3.05, 3.63) is 74.7 Å². The molecule has 1 aliphatic carbocycles. The summed E-state index contributed by atoms with van der Waals surface area (Å²) in [5, 5.41) is 21.3. The van der Waals surface area contributed by atoms with E-state index in [0.29, 0.717) is 59.0 Å². The molecule has 10 nitrogen and oxygen atoms in total. The summed E-state index contributed by atoms with van der Waals surface area (Å²) in [7, 11) is 4.47. The van der Waals surface area contributed by atoms with E-state index >= 15 is 0 Å². The van der Waals surface area contributed by atoms with E-state index < -0.39 is 10.8 Å². The highest BCUT2D eigenvalue weighted by atomic mass is 16.6. The monoisotopic (exact) mass is 476 g/mol. The molecule has 2 aromatic carbocycles. The lowest BCUT2D eigenvalue weighted by atomic mass is 9.75. The molecule has 1 atom stereocenters. The third-order valence-corrected chi connectivity index (χ3v) is 6.25. The topological polar surface area (TPSA) is 141 Å². The number of ketones is 1. The second kappa shape index (κ2) is 9.38. The predicted molar refractivity (Wildman–Crippen MR) is 127 cm³/mol. The Kier molecular flexibility index (Phi) is 6.34. The number of nitro benzene ring substituents is 1. The van der Waals surface area contributed by atoms with Crippen LogP contribution in [0.2, 0.25) is 0 Å². The third-order valence-electron chi connectivity index (χ3n) is 6.25. The van der Waals surface area contributed by atoms with Gasteiger partial charge in [0.15, 0.2) is 17.3 Å². The molecule has 0 saturated carbocycles. The minimum Gasteiger partial charge on any atom is -0.493 e. The first-order chi connectivity index (χ1) is 16.9. The molecule has 180 valence electrons. The number of allylic oxidation sites excluding steroid dienone is 3. The van der Waals surface area contributed by atoms with Gasteiger partial charge in [0.25, 0.3) is 5.69 Å². The maximum atomic E-state index is 13.3. The highest BCUT2D eigenvalue weighted by molar-refractivity contribution is 6.01. The lowest BCUT2D eigenvalue weighted by molar-refractivity contribution is -0.384. The smallest absolute Gasteiger partial charge is 0.269 e. The van der Waals surface area contributed by atoms with Crippen molar-refractivity contribution in [2.75, 3.05) is 26.2 Å². The largest absolute Gasteiger partial charge is 0.493 e. The highest BCUT2D eigenvalue weighted by Crippen LogP contribution is 2.49. The number of nitrogens with zero attached hydrogens (tertiary/aromatic N) is 3. The number of non-ortho nitro benzene ring substituents is 1. The summed E-state index contributed by atoms with van der Waals surface area (Å²) in [5.74, 6) is 0.514. The van der Waals surface area contributed by atoms with Crippen LogP contribution >= 0.6 is 0 Å². The average Bonchev–Trinajstić information content (AvgIpc) is 2.87. The average molecular weight is 476 g/mol. The van der Waals surface area contributed by atoms with Crippen molar-refractivity contribution in [1.29, 1.82) is 5.26 Å². The van der Waals surface area contributed by atoms with Crippen molar-refractivity contribution >= 4 is 17.2 Å². The number of hydrogen-bond acceptors (Lipinski definition) is 9. The summed E-state index contributed by atoms with van der Waals surface area (Å²) in [6, 6.07) is 11.5. The first kappa shape index (κ1) is 23.6. The summed E-state index contributed by atoms with van der Waals surface area (Å²) in [6.07, 6.45) is 1.52. The number of nitrogens with two attached hydrogens (primary N) is 1. The zero-order valence-corrected chi connectivity index (χ0v) is 19.5.